The molecule has 4 rings (SSSR count). The van der Waals surface area contributed by atoms with Gasteiger partial charge in [-0.2, -0.15) is 5.10 Å². The first-order valence-electron chi connectivity index (χ1n) is 7.92. The first-order valence-corrected chi connectivity index (χ1v) is 7.92. The molecule has 0 radical (unpaired) electrons. The van der Waals surface area contributed by atoms with Gasteiger partial charge in [0.1, 0.15) is 0 Å². The predicted molar refractivity (Wildman–Crippen MR) is 83.1 cm³/mol. The number of amides is 1. The van der Waals surface area contributed by atoms with E-state index < -0.39 is 0 Å². The molecular formula is C16H20N4O2. The zero-order valence-electron chi connectivity index (χ0n) is 12.4. The van der Waals surface area contributed by atoms with E-state index in [1.54, 1.807) is 10.7 Å². The smallest absolute Gasteiger partial charge is 0.255 e. The lowest BCUT2D eigenvalue weighted by atomic mass is 9.89. The first-order chi connectivity index (χ1) is 10.7. The molecule has 22 heavy (non-hydrogen) atoms. The number of fused-ring (bicyclic) bond motifs is 1. The Kier molecular flexibility index (Phi) is 3.26. The van der Waals surface area contributed by atoms with Crippen molar-refractivity contribution in [3.63, 3.8) is 0 Å². The SMILES string of the molecule is O=C(NC1CC(O)C1)c1cnn2ccc(N3CCCC3)cc12. The highest BCUT2D eigenvalue weighted by Crippen LogP contribution is 2.24. The molecule has 1 saturated carbocycles. The van der Waals surface area contributed by atoms with Crippen molar-refractivity contribution >= 4 is 17.1 Å². The molecule has 1 aliphatic heterocycles. The third-order valence-corrected chi connectivity index (χ3v) is 4.67. The number of rotatable bonds is 3. The van der Waals surface area contributed by atoms with Crippen LogP contribution in [0.5, 0.6) is 0 Å². The molecule has 1 saturated heterocycles. The van der Waals surface area contributed by atoms with Crippen molar-refractivity contribution in [3.8, 4) is 0 Å². The molecule has 2 N–H and O–H groups in total. The Balaban J connectivity index is 1.59. The summed E-state index contributed by atoms with van der Waals surface area (Å²) in [4.78, 5) is 14.7. The number of nitrogens with one attached hydrogen (secondary N) is 1. The van der Waals surface area contributed by atoms with Crippen LogP contribution >= 0.6 is 0 Å². The maximum atomic E-state index is 12.4. The molecule has 116 valence electrons. The number of hydrogen-bond acceptors (Lipinski definition) is 4. The molecule has 0 atom stereocenters. The summed E-state index contributed by atoms with van der Waals surface area (Å²) < 4.78 is 1.74. The molecule has 0 aromatic carbocycles. The molecule has 6 nitrogen and oxygen atoms in total. The van der Waals surface area contributed by atoms with Gasteiger partial charge < -0.3 is 15.3 Å². The normalized spacial score (nSPS) is 24.5. The number of aliphatic hydroxyl groups excluding tert-OH is 1. The van der Waals surface area contributed by atoms with Crippen LogP contribution in [-0.2, 0) is 0 Å². The van der Waals surface area contributed by atoms with Gasteiger partial charge in [0.15, 0.2) is 0 Å². The molecule has 2 fully saturated rings. The number of pyridine rings is 1. The maximum absolute atomic E-state index is 12.4. The fraction of sp³-hybridized carbons (Fsp3) is 0.500. The highest BCUT2D eigenvalue weighted by molar-refractivity contribution is 6.01. The second kappa shape index (κ2) is 5.28. The monoisotopic (exact) mass is 300 g/mol. The van der Waals surface area contributed by atoms with Crippen molar-refractivity contribution in [2.24, 2.45) is 0 Å². The third kappa shape index (κ3) is 2.33. The van der Waals surface area contributed by atoms with Gasteiger partial charge in [-0.05, 0) is 37.8 Å². The average Bonchev–Trinajstić information content (AvgIpc) is 3.14. The molecular weight excluding hydrogens is 280 g/mol. The molecule has 1 aliphatic carbocycles. The Hall–Kier alpha value is -2.08. The number of carbonyl (C=O) groups is 1. The van der Waals surface area contributed by atoms with E-state index in [1.165, 1.54) is 12.8 Å². The van der Waals surface area contributed by atoms with Crippen LogP contribution in [-0.4, -0.2) is 45.9 Å². The summed E-state index contributed by atoms with van der Waals surface area (Å²) >= 11 is 0. The van der Waals surface area contributed by atoms with E-state index in [-0.39, 0.29) is 18.1 Å². The number of aromatic nitrogens is 2. The molecule has 0 spiro atoms. The predicted octanol–water partition coefficient (Wildman–Crippen LogP) is 1.19. The van der Waals surface area contributed by atoms with Crippen LogP contribution in [0.2, 0.25) is 0 Å². The van der Waals surface area contributed by atoms with Crippen LogP contribution in [0.15, 0.2) is 24.5 Å². The van der Waals surface area contributed by atoms with Gasteiger partial charge in [-0.1, -0.05) is 0 Å². The van der Waals surface area contributed by atoms with Crippen molar-refractivity contribution in [1.82, 2.24) is 14.9 Å². The zero-order valence-corrected chi connectivity index (χ0v) is 12.4. The number of carbonyl (C=O) groups excluding carboxylic acids is 1. The van der Waals surface area contributed by atoms with E-state index in [4.69, 9.17) is 0 Å². The standard InChI is InChI=1S/C16H20N4O2/c21-13-7-11(8-13)18-16(22)14-10-17-20-6-3-12(9-15(14)20)19-4-1-2-5-19/h3,6,9-11,13,21H,1-2,4-5,7-8H2,(H,18,22). The van der Waals surface area contributed by atoms with Gasteiger partial charge in [0.25, 0.3) is 5.91 Å². The highest BCUT2D eigenvalue weighted by atomic mass is 16.3. The molecule has 6 heteroatoms. The van der Waals surface area contributed by atoms with Gasteiger partial charge in [0.05, 0.1) is 23.4 Å². The molecule has 2 aromatic rings. The third-order valence-electron chi connectivity index (χ3n) is 4.67. The lowest BCUT2D eigenvalue weighted by Gasteiger charge is -2.31. The van der Waals surface area contributed by atoms with Gasteiger partial charge in [-0.15, -0.1) is 0 Å². The fourth-order valence-electron chi connectivity index (χ4n) is 3.29. The van der Waals surface area contributed by atoms with E-state index in [9.17, 15) is 9.90 Å². The Bertz CT molecular complexity index is 699. The number of nitrogens with zero attached hydrogens (tertiary/aromatic N) is 3. The van der Waals surface area contributed by atoms with Gasteiger partial charge in [0.2, 0.25) is 0 Å². The molecule has 3 heterocycles. The maximum Gasteiger partial charge on any atom is 0.255 e. The molecule has 2 aliphatic rings. The molecule has 2 aromatic heterocycles. The van der Waals surface area contributed by atoms with Crippen LogP contribution in [0, 0.1) is 0 Å². The van der Waals surface area contributed by atoms with Crippen molar-refractivity contribution in [2.45, 2.75) is 37.8 Å². The minimum absolute atomic E-state index is 0.0826. The van der Waals surface area contributed by atoms with Crippen molar-refractivity contribution in [1.29, 1.82) is 0 Å². The van der Waals surface area contributed by atoms with Crippen molar-refractivity contribution < 1.29 is 9.90 Å². The van der Waals surface area contributed by atoms with E-state index >= 15 is 0 Å². The van der Waals surface area contributed by atoms with Gasteiger partial charge in [-0.25, -0.2) is 4.52 Å². The van der Waals surface area contributed by atoms with Crippen molar-refractivity contribution in [3.05, 3.63) is 30.1 Å². The van der Waals surface area contributed by atoms with Crippen molar-refractivity contribution in [2.75, 3.05) is 18.0 Å². The lowest BCUT2D eigenvalue weighted by Crippen LogP contribution is -2.46. The average molecular weight is 300 g/mol. The second-order valence-electron chi connectivity index (χ2n) is 6.26. The minimum Gasteiger partial charge on any atom is -0.393 e. The summed E-state index contributed by atoms with van der Waals surface area (Å²) in [5.41, 5.74) is 2.59. The Morgan fingerprint density at radius 3 is 2.82 bits per heavy atom. The van der Waals surface area contributed by atoms with Gasteiger partial charge >= 0.3 is 0 Å². The minimum atomic E-state index is -0.268. The van der Waals surface area contributed by atoms with E-state index in [2.05, 4.69) is 21.4 Å². The first kappa shape index (κ1) is 13.6. The van der Waals surface area contributed by atoms with Crippen LogP contribution in [0.1, 0.15) is 36.0 Å². The topological polar surface area (TPSA) is 69.9 Å². The zero-order chi connectivity index (χ0) is 15.1. The second-order valence-corrected chi connectivity index (χ2v) is 6.26. The summed E-state index contributed by atoms with van der Waals surface area (Å²) in [6.07, 6.45) is 6.99. The Morgan fingerprint density at radius 1 is 1.32 bits per heavy atom. The molecule has 0 bridgehead atoms. The summed E-state index contributed by atoms with van der Waals surface area (Å²) in [6, 6.07) is 4.18. The van der Waals surface area contributed by atoms with Crippen LogP contribution in [0.4, 0.5) is 5.69 Å². The largest absolute Gasteiger partial charge is 0.393 e. The molecule has 1 amide bonds. The lowest BCUT2D eigenvalue weighted by molar-refractivity contribution is 0.0563. The van der Waals surface area contributed by atoms with Gasteiger partial charge in [0, 0.05) is 31.0 Å². The Labute approximate surface area is 128 Å². The van der Waals surface area contributed by atoms with Crippen LogP contribution in [0.3, 0.4) is 0 Å². The van der Waals surface area contributed by atoms with Crippen LogP contribution in [0.25, 0.3) is 5.52 Å². The summed E-state index contributed by atoms with van der Waals surface area (Å²) in [5, 5.41) is 16.5. The summed E-state index contributed by atoms with van der Waals surface area (Å²) in [6.45, 7) is 2.15. The van der Waals surface area contributed by atoms with E-state index in [0.29, 0.717) is 18.4 Å². The van der Waals surface area contributed by atoms with E-state index in [1.807, 2.05) is 12.3 Å². The van der Waals surface area contributed by atoms with Crippen LogP contribution < -0.4 is 10.2 Å². The number of anilines is 1. The number of aliphatic hydroxyl groups is 1. The quantitative estimate of drug-likeness (QED) is 0.893. The Morgan fingerprint density at radius 2 is 2.09 bits per heavy atom. The van der Waals surface area contributed by atoms with E-state index in [0.717, 1.165) is 24.3 Å². The number of hydrogen-bond donors (Lipinski definition) is 2. The van der Waals surface area contributed by atoms with Gasteiger partial charge in [-0.3, -0.25) is 4.79 Å². The fourth-order valence-corrected chi connectivity index (χ4v) is 3.29. The highest BCUT2D eigenvalue weighted by Gasteiger charge is 2.29. The molecule has 0 unspecified atom stereocenters. The summed E-state index contributed by atoms with van der Waals surface area (Å²) in [5.74, 6) is -0.106. The summed E-state index contributed by atoms with van der Waals surface area (Å²) in [7, 11) is 0.